The van der Waals surface area contributed by atoms with E-state index in [0.29, 0.717) is 6.61 Å². The summed E-state index contributed by atoms with van der Waals surface area (Å²) in [6.45, 7) is 2.29. The van der Waals surface area contributed by atoms with Gasteiger partial charge in [-0.15, -0.1) is 0 Å². The molecular weight excluding hydrogens is 174 g/mol. The molecule has 0 aliphatic carbocycles. The summed E-state index contributed by atoms with van der Waals surface area (Å²) in [5.74, 6) is 0.564. The van der Waals surface area contributed by atoms with Gasteiger partial charge >= 0.3 is 5.97 Å². The fourth-order valence-electron chi connectivity index (χ4n) is 0.516. The number of hydrogen-bond acceptors (Lipinski definition) is 4. The van der Waals surface area contributed by atoms with Gasteiger partial charge in [0.25, 0.3) is 0 Å². The molecule has 0 saturated carbocycles. The van der Waals surface area contributed by atoms with E-state index in [9.17, 15) is 4.79 Å². The summed E-state index contributed by atoms with van der Waals surface area (Å²) in [7, 11) is 1.76. The zero-order valence-corrected chi connectivity index (χ0v) is 8.53. The summed E-state index contributed by atoms with van der Waals surface area (Å²) in [6.07, 6.45) is 3.42. The van der Waals surface area contributed by atoms with Crippen molar-refractivity contribution in [2.24, 2.45) is 0 Å². The van der Waals surface area contributed by atoms with E-state index in [1.165, 1.54) is 6.08 Å². The Morgan fingerprint density at radius 2 is 2.33 bits per heavy atom. The lowest BCUT2D eigenvalue weighted by Gasteiger charge is -2.01. The van der Waals surface area contributed by atoms with Crippen molar-refractivity contribution in [1.29, 1.82) is 0 Å². The van der Waals surface area contributed by atoms with Crippen LogP contribution in [0.2, 0.25) is 0 Å². The molecule has 3 nitrogen and oxygen atoms in total. The van der Waals surface area contributed by atoms with Gasteiger partial charge in [-0.05, 0) is 13.2 Å². The lowest BCUT2D eigenvalue weighted by molar-refractivity contribution is -0.137. The van der Waals surface area contributed by atoms with Gasteiger partial charge in [-0.1, -0.05) is 0 Å². The molecule has 0 spiro atoms. The molecule has 0 atom stereocenters. The number of esters is 1. The summed E-state index contributed by atoms with van der Waals surface area (Å²) in [6, 6.07) is 0. The molecule has 4 heteroatoms. The Morgan fingerprint density at radius 1 is 1.67 bits per heavy atom. The summed E-state index contributed by atoms with van der Waals surface area (Å²) >= 11 is 1.65. The van der Waals surface area contributed by atoms with Gasteiger partial charge in [0, 0.05) is 24.6 Å². The lowest BCUT2D eigenvalue weighted by Crippen LogP contribution is -2.09. The Balaban J connectivity index is 3.59. The van der Waals surface area contributed by atoms with Crippen molar-refractivity contribution in [3.63, 3.8) is 0 Å². The topological polar surface area (TPSA) is 38.3 Å². The molecule has 0 aromatic carbocycles. The van der Waals surface area contributed by atoms with Crippen molar-refractivity contribution in [3.05, 3.63) is 11.8 Å². The van der Waals surface area contributed by atoms with E-state index in [-0.39, 0.29) is 5.97 Å². The average Bonchev–Trinajstić information content (AvgIpc) is 2.05. The van der Waals surface area contributed by atoms with Crippen LogP contribution in [0.25, 0.3) is 0 Å². The molecule has 0 heterocycles. The number of carbonyl (C=O) groups is 1. The van der Waals surface area contributed by atoms with Gasteiger partial charge in [0.2, 0.25) is 0 Å². The van der Waals surface area contributed by atoms with Gasteiger partial charge in [-0.3, -0.25) is 0 Å². The number of rotatable bonds is 5. The molecule has 0 saturated heterocycles. The molecule has 0 aliphatic heterocycles. The lowest BCUT2D eigenvalue weighted by atomic mass is 10.4. The van der Waals surface area contributed by atoms with Crippen LogP contribution in [-0.4, -0.2) is 31.6 Å². The fraction of sp³-hybridized carbons (Fsp3) is 0.625. The Labute approximate surface area is 77.6 Å². The quantitative estimate of drug-likeness (QED) is 0.398. The van der Waals surface area contributed by atoms with Gasteiger partial charge in [0.05, 0.1) is 0 Å². The normalized spacial score (nSPS) is 11.1. The van der Waals surface area contributed by atoms with E-state index in [1.54, 1.807) is 18.8 Å². The number of hydrogen-bond donors (Lipinski definition) is 1. The number of ether oxygens (including phenoxy) is 1. The van der Waals surface area contributed by atoms with E-state index >= 15 is 0 Å². The molecule has 70 valence electrons. The first-order chi connectivity index (χ1) is 5.70. The Morgan fingerprint density at radius 3 is 2.83 bits per heavy atom. The van der Waals surface area contributed by atoms with E-state index < -0.39 is 0 Å². The molecule has 0 rings (SSSR count). The second kappa shape index (κ2) is 7.03. The van der Waals surface area contributed by atoms with Crippen LogP contribution in [0, 0.1) is 0 Å². The number of thioether (sulfide) groups is 1. The first-order valence-corrected chi connectivity index (χ1v) is 5.12. The summed E-state index contributed by atoms with van der Waals surface area (Å²) < 4.78 is 4.88. The molecule has 0 aromatic rings. The van der Waals surface area contributed by atoms with Crippen molar-refractivity contribution >= 4 is 17.7 Å². The maximum absolute atomic E-state index is 10.9. The van der Waals surface area contributed by atoms with Crippen molar-refractivity contribution in [2.45, 2.75) is 6.92 Å². The zero-order chi connectivity index (χ0) is 9.40. The summed E-state index contributed by atoms with van der Waals surface area (Å²) in [4.78, 5) is 10.9. The number of nitrogens with one attached hydrogen (secondary N) is 1. The number of allylic oxidation sites excluding steroid dienone is 1. The molecule has 1 N–H and O–H groups in total. The SMILES string of the molecule is CN/C(C)=C\C(=O)OCCSC. The Kier molecular flexibility index (Phi) is 6.66. The standard InChI is InChI=1S/C8H15NO2S/c1-7(9-2)6-8(10)11-4-5-12-3/h6,9H,4-5H2,1-3H3/b7-6-. The highest BCUT2D eigenvalue weighted by molar-refractivity contribution is 7.98. The first kappa shape index (κ1) is 11.4. The van der Waals surface area contributed by atoms with Gasteiger partial charge < -0.3 is 10.1 Å². The molecule has 0 radical (unpaired) electrons. The van der Waals surface area contributed by atoms with E-state index in [1.807, 2.05) is 13.2 Å². The predicted molar refractivity (Wildman–Crippen MR) is 52.2 cm³/mol. The minimum Gasteiger partial charge on any atom is -0.462 e. The van der Waals surface area contributed by atoms with Crippen LogP contribution < -0.4 is 5.32 Å². The largest absolute Gasteiger partial charge is 0.462 e. The van der Waals surface area contributed by atoms with Crippen molar-refractivity contribution in [3.8, 4) is 0 Å². The molecule has 0 aliphatic rings. The molecule has 0 fully saturated rings. The van der Waals surface area contributed by atoms with Crippen LogP contribution in [0.1, 0.15) is 6.92 Å². The molecule has 0 aromatic heterocycles. The predicted octanol–water partition coefficient (Wildman–Crippen LogP) is 1.02. The molecule has 12 heavy (non-hydrogen) atoms. The third kappa shape index (κ3) is 6.09. The van der Waals surface area contributed by atoms with Crippen LogP contribution in [0.5, 0.6) is 0 Å². The molecule has 0 amide bonds. The van der Waals surface area contributed by atoms with Crippen LogP contribution in [0.4, 0.5) is 0 Å². The smallest absolute Gasteiger partial charge is 0.332 e. The Bertz CT molecular complexity index is 168. The zero-order valence-electron chi connectivity index (χ0n) is 7.72. The summed E-state index contributed by atoms with van der Waals surface area (Å²) in [5, 5.41) is 2.84. The monoisotopic (exact) mass is 189 g/mol. The highest BCUT2D eigenvalue weighted by Gasteiger charge is 1.96. The van der Waals surface area contributed by atoms with E-state index in [0.717, 1.165) is 11.4 Å². The van der Waals surface area contributed by atoms with Crippen LogP contribution in [0.3, 0.4) is 0 Å². The van der Waals surface area contributed by atoms with Crippen molar-refractivity contribution in [2.75, 3.05) is 25.7 Å². The highest BCUT2D eigenvalue weighted by atomic mass is 32.2. The highest BCUT2D eigenvalue weighted by Crippen LogP contribution is 1.93. The van der Waals surface area contributed by atoms with Crippen LogP contribution in [-0.2, 0) is 9.53 Å². The summed E-state index contributed by atoms with van der Waals surface area (Å²) in [5.41, 5.74) is 0.809. The third-order valence-corrected chi connectivity index (χ3v) is 1.84. The first-order valence-electron chi connectivity index (χ1n) is 3.72. The van der Waals surface area contributed by atoms with Crippen LogP contribution >= 0.6 is 11.8 Å². The minimum absolute atomic E-state index is 0.282. The Hall–Kier alpha value is -0.640. The van der Waals surface area contributed by atoms with Gasteiger partial charge in [-0.2, -0.15) is 11.8 Å². The number of carbonyl (C=O) groups excluding carboxylic acids is 1. The second-order valence-electron chi connectivity index (χ2n) is 2.24. The van der Waals surface area contributed by atoms with E-state index in [2.05, 4.69) is 5.32 Å². The van der Waals surface area contributed by atoms with Gasteiger partial charge in [-0.25, -0.2) is 4.79 Å². The van der Waals surface area contributed by atoms with Gasteiger partial charge in [0.1, 0.15) is 6.61 Å². The third-order valence-electron chi connectivity index (χ3n) is 1.26. The maximum Gasteiger partial charge on any atom is 0.332 e. The van der Waals surface area contributed by atoms with Crippen molar-refractivity contribution < 1.29 is 9.53 Å². The second-order valence-corrected chi connectivity index (χ2v) is 3.22. The fourth-order valence-corrected chi connectivity index (χ4v) is 0.766. The minimum atomic E-state index is -0.282. The maximum atomic E-state index is 10.9. The van der Waals surface area contributed by atoms with Crippen LogP contribution in [0.15, 0.2) is 11.8 Å². The van der Waals surface area contributed by atoms with E-state index in [4.69, 9.17) is 4.74 Å². The molecule has 0 bridgehead atoms. The van der Waals surface area contributed by atoms with Gasteiger partial charge in [0.15, 0.2) is 0 Å². The van der Waals surface area contributed by atoms with Crippen molar-refractivity contribution in [1.82, 2.24) is 5.32 Å². The average molecular weight is 189 g/mol. The molecule has 0 unspecified atom stereocenters. The molecular formula is C8H15NO2S.